The van der Waals surface area contributed by atoms with Gasteiger partial charge in [0.05, 0.1) is 5.92 Å². The summed E-state index contributed by atoms with van der Waals surface area (Å²) in [6, 6.07) is 5.86. The third kappa shape index (κ3) is 4.07. The number of nitrogens with zero attached hydrogens (tertiary/aromatic N) is 2. The van der Waals surface area contributed by atoms with Crippen LogP contribution in [0.5, 0.6) is 0 Å². The molecule has 6 heteroatoms. The smallest absolute Gasteiger partial charge is 0.245 e. The predicted octanol–water partition coefficient (Wildman–Crippen LogP) is 3.13. The summed E-state index contributed by atoms with van der Waals surface area (Å²) in [4.78, 5) is 41.2. The number of hydrogen-bond donors (Lipinski definition) is 1. The minimum atomic E-state index is -0.225. The first-order valence-corrected chi connectivity index (χ1v) is 10.7. The van der Waals surface area contributed by atoms with E-state index in [4.69, 9.17) is 0 Å². The SMILES string of the molecule is C=CC(=O)N1CCCC(C(=O)Nc2ccc3c(c2)N(C(=O)C2CCCC2)CC3)C1. The minimum absolute atomic E-state index is 0.0711. The molecular formula is C23H29N3O3. The van der Waals surface area contributed by atoms with Crippen molar-refractivity contribution >= 4 is 29.1 Å². The van der Waals surface area contributed by atoms with Crippen molar-refractivity contribution in [3.63, 3.8) is 0 Å². The Balaban J connectivity index is 1.44. The van der Waals surface area contributed by atoms with Crippen LogP contribution >= 0.6 is 0 Å². The molecule has 0 radical (unpaired) electrons. The van der Waals surface area contributed by atoms with Crippen LogP contribution in [0.25, 0.3) is 0 Å². The van der Waals surface area contributed by atoms with E-state index in [1.807, 2.05) is 23.1 Å². The summed E-state index contributed by atoms with van der Waals surface area (Å²) in [7, 11) is 0. The van der Waals surface area contributed by atoms with E-state index in [0.717, 1.165) is 62.7 Å². The van der Waals surface area contributed by atoms with Gasteiger partial charge < -0.3 is 15.1 Å². The molecule has 3 aliphatic rings. The Bertz CT molecular complexity index is 829. The number of nitrogens with one attached hydrogen (secondary N) is 1. The van der Waals surface area contributed by atoms with Gasteiger partial charge in [0, 0.05) is 36.9 Å². The van der Waals surface area contributed by atoms with Gasteiger partial charge in [-0.25, -0.2) is 0 Å². The second kappa shape index (κ2) is 8.39. The van der Waals surface area contributed by atoms with Crippen LogP contribution in [0.15, 0.2) is 30.9 Å². The number of carbonyl (C=O) groups is 3. The number of hydrogen-bond acceptors (Lipinski definition) is 3. The topological polar surface area (TPSA) is 69.7 Å². The zero-order chi connectivity index (χ0) is 20.4. The largest absolute Gasteiger partial charge is 0.338 e. The van der Waals surface area contributed by atoms with Crippen molar-refractivity contribution < 1.29 is 14.4 Å². The Kier molecular flexibility index (Phi) is 5.69. The van der Waals surface area contributed by atoms with E-state index in [2.05, 4.69) is 11.9 Å². The summed E-state index contributed by atoms with van der Waals surface area (Å²) in [5.41, 5.74) is 2.81. The monoisotopic (exact) mass is 395 g/mol. The lowest BCUT2D eigenvalue weighted by molar-refractivity contribution is -0.130. The lowest BCUT2D eigenvalue weighted by Gasteiger charge is -2.31. The van der Waals surface area contributed by atoms with Gasteiger partial charge in [-0.15, -0.1) is 0 Å². The van der Waals surface area contributed by atoms with E-state index < -0.39 is 0 Å². The number of benzene rings is 1. The van der Waals surface area contributed by atoms with E-state index >= 15 is 0 Å². The molecule has 2 aliphatic heterocycles. The van der Waals surface area contributed by atoms with Crippen LogP contribution in [-0.4, -0.2) is 42.3 Å². The molecule has 1 aromatic rings. The molecule has 2 fully saturated rings. The third-order valence-corrected chi connectivity index (χ3v) is 6.50. The number of piperidine rings is 1. The first kappa shape index (κ1) is 19.7. The quantitative estimate of drug-likeness (QED) is 0.797. The molecule has 0 spiro atoms. The first-order valence-electron chi connectivity index (χ1n) is 10.7. The maximum atomic E-state index is 12.9. The van der Waals surface area contributed by atoms with Gasteiger partial charge in [0.2, 0.25) is 17.7 Å². The van der Waals surface area contributed by atoms with Crippen molar-refractivity contribution in [2.24, 2.45) is 11.8 Å². The highest BCUT2D eigenvalue weighted by atomic mass is 16.2. The number of likely N-dealkylation sites (tertiary alicyclic amines) is 1. The predicted molar refractivity (Wildman–Crippen MR) is 113 cm³/mol. The number of fused-ring (bicyclic) bond motifs is 1. The molecule has 1 atom stereocenters. The molecule has 1 aliphatic carbocycles. The Morgan fingerprint density at radius 2 is 1.79 bits per heavy atom. The van der Waals surface area contributed by atoms with Crippen LogP contribution in [0, 0.1) is 11.8 Å². The van der Waals surface area contributed by atoms with Crippen molar-refractivity contribution in [3.8, 4) is 0 Å². The molecule has 0 bridgehead atoms. The second-order valence-corrected chi connectivity index (χ2v) is 8.38. The third-order valence-electron chi connectivity index (χ3n) is 6.50. The molecule has 6 nitrogen and oxygen atoms in total. The minimum Gasteiger partial charge on any atom is -0.338 e. The van der Waals surface area contributed by atoms with E-state index in [1.165, 1.54) is 6.08 Å². The molecule has 3 amide bonds. The molecule has 29 heavy (non-hydrogen) atoms. The molecule has 1 saturated heterocycles. The van der Waals surface area contributed by atoms with Crippen LogP contribution in [0.2, 0.25) is 0 Å². The summed E-state index contributed by atoms with van der Waals surface area (Å²) < 4.78 is 0. The average molecular weight is 396 g/mol. The maximum absolute atomic E-state index is 12.9. The molecule has 1 unspecified atom stereocenters. The standard InChI is InChI=1S/C23H29N3O3/c1-2-21(27)25-12-5-8-18(15-25)22(28)24-19-10-9-16-11-13-26(20(16)14-19)23(29)17-6-3-4-7-17/h2,9-10,14,17-18H,1,3-8,11-13,15H2,(H,24,28). The first-order chi connectivity index (χ1) is 14.1. The lowest BCUT2D eigenvalue weighted by Crippen LogP contribution is -2.43. The number of amides is 3. The highest BCUT2D eigenvalue weighted by Gasteiger charge is 2.32. The van der Waals surface area contributed by atoms with Crippen molar-refractivity contribution in [1.82, 2.24) is 4.90 Å². The summed E-state index contributed by atoms with van der Waals surface area (Å²) in [6.45, 7) is 5.35. The summed E-state index contributed by atoms with van der Waals surface area (Å²) >= 11 is 0. The lowest BCUT2D eigenvalue weighted by atomic mass is 9.97. The number of rotatable bonds is 4. The Hall–Kier alpha value is -2.63. The zero-order valence-corrected chi connectivity index (χ0v) is 16.9. The van der Waals surface area contributed by atoms with Crippen LogP contribution in [0.1, 0.15) is 44.1 Å². The highest BCUT2D eigenvalue weighted by Crippen LogP contribution is 2.35. The molecule has 1 aromatic carbocycles. The van der Waals surface area contributed by atoms with Gasteiger partial charge in [-0.2, -0.15) is 0 Å². The number of anilines is 2. The average Bonchev–Trinajstić information content (AvgIpc) is 3.42. The van der Waals surface area contributed by atoms with E-state index in [-0.39, 0.29) is 29.6 Å². The van der Waals surface area contributed by atoms with E-state index in [9.17, 15) is 14.4 Å². The van der Waals surface area contributed by atoms with Crippen molar-refractivity contribution in [2.45, 2.75) is 44.9 Å². The fraction of sp³-hybridized carbons (Fsp3) is 0.522. The Labute approximate surface area is 171 Å². The highest BCUT2D eigenvalue weighted by molar-refractivity contribution is 5.99. The molecule has 2 heterocycles. The van der Waals surface area contributed by atoms with E-state index in [0.29, 0.717) is 18.8 Å². The van der Waals surface area contributed by atoms with Gasteiger partial charge >= 0.3 is 0 Å². The van der Waals surface area contributed by atoms with Gasteiger partial charge in [-0.05, 0) is 55.9 Å². The van der Waals surface area contributed by atoms with Gasteiger partial charge in [0.15, 0.2) is 0 Å². The summed E-state index contributed by atoms with van der Waals surface area (Å²) in [5.74, 6) is -0.0400. The van der Waals surface area contributed by atoms with Gasteiger partial charge in [0.1, 0.15) is 0 Å². The fourth-order valence-corrected chi connectivity index (χ4v) is 4.84. The van der Waals surface area contributed by atoms with Crippen molar-refractivity contribution in [3.05, 3.63) is 36.4 Å². The second-order valence-electron chi connectivity index (χ2n) is 8.38. The van der Waals surface area contributed by atoms with Crippen LogP contribution < -0.4 is 10.2 Å². The van der Waals surface area contributed by atoms with Crippen molar-refractivity contribution in [1.29, 1.82) is 0 Å². The fourth-order valence-electron chi connectivity index (χ4n) is 4.84. The molecule has 1 N–H and O–H groups in total. The number of carbonyl (C=O) groups excluding carboxylic acids is 3. The zero-order valence-electron chi connectivity index (χ0n) is 16.9. The van der Waals surface area contributed by atoms with E-state index in [1.54, 1.807) is 4.90 Å². The summed E-state index contributed by atoms with van der Waals surface area (Å²) in [5, 5.41) is 3.01. The molecule has 154 valence electrons. The van der Waals surface area contributed by atoms with Gasteiger partial charge in [0.25, 0.3) is 0 Å². The van der Waals surface area contributed by atoms with Crippen LogP contribution in [0.4, 0.5) is 11.4 Å². The molecular weight excluding hydrogens is 366 g/mol. The van der Waals surface area contributed by atoms with Crippen LogP contribution in [0.3, 0.4) is 0 Å². The molecule has 4 rings (SSSR count). The normalized spacial score (nSPS) is 21.7. The molecule has 0 aromatic heterocycles. The maximum Gasteiger partial charge on any atom is 0.245 e. The van der Waals surface area contributed by atoms with Crippen molar-refractivity contribution in [2.75, 3.05) is 29.9 Å². The Morgan fingerprint density at radius 1 is 1.03 bits per heavy atom. The Morgan fingerprint density at radius 3 is 2.55 bits per heavy atom. The van der Waals surface area contributed by atoms with Gasteiger partial charge in [-0.1, -0.05) is 25.5 Å². The molecule has 1 saturated carbocycles. The van der Waals surface area contributed by atoms with Gasteiger partial charge in [-0.3, -0.25) is 14.4 Å². The summed E-state index contributed by atoms with van der Waals surface area (Å²) in [6.07, 6.45) is 8.00. The van der Waals surface area contributed by atoms with Crippen LogP contribution in [-0.2, 0) is 20.8 Å².